The lowest BCUT2D eigenvalue weighted by Crippen LogP contribution is -2.27. The summed E-state index contributed by atoms with van der Waals surface area (Å²) >= 11 is 0. The molecule has 1 aliphatic carbocycles. The molecule has 92 valence electrons. The minimum Gasteiger partial charge on any atom is -0.399 e. The summed E-state index contributed by atoms with van der Waals surface area (Å²) in [6.45, 7) is 4.58. The maximum absolute atomic E-state index is 5.77. The number of hydrogen-bond acceptors (Lipinski definition) is 3. The summed E-state index contributed by atoms with van der Waals surface area (Å²) in [4.78, 5) is 2.63. The van der Waals surface area contributed by atoms with E-state index in [4.69, 9.17) is 5.73 Å². The maximum Gasteiger partial charge on any atom is 0.0400 e. The van der Waals surface area contributed by atoms with Gasteiger partial charge in [-0.25, -0.2) is 0 Å². The van der Waals surface area contributed by atoms with E-state index in [1.807, 2.05) is 12.1 Å². The molecule has 1 aromatic rings. The molecule has 2 fully saturated rings. The molecule has 1 aromatic carbocycles. The largest absolute Gasteiger partial charge is 0.399 e. The van der Waals surface area contributed by atoms with Crippen molar-refractivity contribution in [1.29, 1.82) is 0 Å². The van der Waals surface area contributed by atoms with Gasteiger partial charge in [0.2, 0.25) is 0 Å². The van der Waals surface area contributed by atoms with Crippen LogP contribution in [0.25, 0.3) is 0 Å². The summed E-state index contributed by atoms with van der Waals surface area (Å²) in [6.07, 6.45) is 4.08. The molecule has 1 atom stereocenters. The minimum absolute atomic E-state index is 0.609. The molecule has 1 heterocycles. The third kappa shape index (κ3) is 2.39. The van der Waals surface area contributed by atoms with Crippen molar-refractivity contribution in [1.82, 2.24) is 4.90 Å². The van der Waals surface area contributed by atoms with E-state index in [0.717, 1.165) is 11.7 Å². The topological polar surface area (TPSA) is 41.3 Å². The van der Waals surface area contributed by atoms with Gasteiger partial charge in [-0.15, -0.1) is 0 Å². The maximum atomic E-state index is 5.77. The molecule has 1 unspecified atom stereocenters. The SMILES string of the molecule is Cc1cc(N)ccc1NC1CCN(C2CC2)C1. The first-order valence-corrected chi connectivity index (χ1v) is 6.59. The third-order valence-corrected chi connectivity index (χ3v) is 3.89. The molecule has 17 heavy (non-hydrogen) atoms. The monoisotopic (exact) mass is 231 g/mol. The van der Waals surface area contributed by atoms with Crippen molar-refractivity contribution in [2.75, 3.05) is 24.1 Å². The lowest BCUT2D eigenvalue weighted by Gasteiger charge is -2.18. The molecule has 0 radical (unpaired) electrons. The predicted molar refractivity (Wildman–Crippen MR) is 72.2 cm³/mol. The first-order valence-electron chi connectivity index (χ1n) is 6.59. The zero-order valence-corrected chi connectivity index (χ0v) is 10.4. The normalized spacial score (nSPS) is 25.1. The van der Waals surface area contributed by atoms with Gasteiger partial charge in [-0.05, 0) is 49.9 Å². The predicted octanol–water partition coefficient (Wildman–Crippen LogP) is 2.23. The van der Waals surface area contributed by atoms with Gasteiger partial charge in [-0.1, -0.05) is 0 Å². The Morgan fingerprint density at radius 2 is 2.12 bits per heavy atom. The van der Waals surface area contributed by atoms with Gasteiger partial charge in [-0.2, -0.15) is 0 Å². The number of nitrogens with one attached hydrogen (secondary N) is 1. The van der Waals surface area contributed by atoms with Gasteiger partial charge < -0.3 is 11.1 Å². The highest BCUT2D eigenvalue weighted by Crippen LogP contribution is 2.31. The van der Waals surface area contributed by atoms with Crippen LogP contribution in [0.4, 0.5) is 11.4 Å². The van der Waals surface area contributed by atoms with Crippen LogP contribution in [0.15, 0.2) is 18.2 Å². The Kier molecular flexibility index (Phi) is 2.71. The van der Waals surface area contributed by atoms with Crippen molar-refractivity contribution >= 4 is 11.4 Å². The fraction of sp³-hybridized carbons (Fsp3) is 0.571. The van der Waals surface area contributed by atoms with Crippen molar-refractivity contribution in [3.63, 3.8) is 0 Å². The Morgan fingerprint density at radius 1 is 1.29 bits per heavy atom. The Morgan fingerprint density at radius 3 is 2.82 bits per heavy atom. The zero-order valence-electron chi connectivity index (χ0n) is 10.4. The third-order valence-electron chi connectivity index (χ3n) is 3.89. The number of hydrogen-bond donors (Lipinski definition) is 2. The van der Waals surface area contributed by atoms with Crippen molar-refractivity contribution in [2.24, 2.45) is 0 Å². The highest BCUT2D eigenvalue weighted by atomic mass is 15.2. The number of benzene rings is 1. The van der Waals surface area contributed by atoms with E-state index in [0.29, 0.717) is 6.04 Å². The van der Waals surface area contributed by atoms with Gasteiger partial charge in [0.15, 0.2) is 0 Å². The quantitative estimate of drug-likeness (QED) is 0.784. The van der Waals surface area contributed by atoms with Crippen LogP contribution in [0, 0.1) is 6.92 Å². The summed E-state index contributed by atoms with van der Waals surface area (Å²) < 4.78 is 0. The highest BCUT2D eigenvalue weighted by molar-refractivity contribution is 5.58. The Labute approximate surface area is 103 Å². The Balaban J connectivity index is 1.63. The molecule has 0 aromatic heterocycles. The molecule has 1 aliphatic heterocycles. The number of nitrogen functional groups attached to an aromatic ring is 1. The van der Waals surface area contributed by atoms with Crippen molar-refractivity contribution < 1.29 is 0 Å². The summed E-state index contributed by atoms with van der Waals surface area (Å²) in [6, 6.07) is 7.62. The molecule has 3 rings (SSSR count). The number of anilines is 2. The second-order valence-electron chi connectivity index (χ2n) is 5.43. The molecule has 2 aliphatic rings. The molecule has 0 amide bonds. The fourth-order valence-electron chi connectivity index (χ4n) is 2.75. The molecule has 3 heteroatoms. The van der Waals surface area contributed by atoms with Crippen molar-refractivity contribution in [3.8, 4) is 0 Å². The lowest BCUT2D eigenvalue weighted by molar-refractivity contribution is 0.326. The number of rotatable bonds is 3. The first-order chi connectivity index (χ1) is 8.22. The number of nitrogens with zero attached hydrogens (tertiary/aromatic N) is 1. The van der Waals surface area contributed by atoms with Crippen LogP contribution < -0.4 is 11.1 Å². The van der Waals surface area contributed by atoms with Gasteiger partial charge in [-0.3, -0.25) is 4.90 Å². The van der Waals surface area contributed by atoms with E-state index >= 15 is 0 Å². The number of aryl methyl sites for hydroxylation is 1. The summed E-state index contributed by atoms with van der Waals surface area (Å²) in [5.41, 5.74) is 9.10. The number of nitrogens with two attached hydrogens (primary N) is 1. The van der Waals surface area contributed by atoms with Crippen molar-refractivity contribution in [3.05, 3.63) is 23.8 Å². The highest BCUT2D eigenvalue weighted by Gasteiger charge is 2.34. The van der Waals surface area contributed by atoms with E-state index in [2.05, 4.69) is 23.2 Å². The van der Waals surface area contributed by atoms with Crippen LogP contribution >= 0.6 is 0 Å². The molecule has 1 saturated carbocycles. The molecule has 0 bridgehead atoms. The van der Waals surface area contributed by atoms with E-state index in [1.165, 1.54) is 43.6 Å². The smallest absolute Gasteiger partial charge is 0.0400 e. The van der Waals surface area contributed by atoms with Gasteiger partial charge >= 0.3 is 0 Å². The summed E-state index contributed by atoms with van der Waals surface area (Å²) in [5.74, 6) is 0. The Hall–Kier alpha value is -1.22. The first kappa shape index (κ1) is 10.9. The summed E-state index contributed by atoms with van der Waals surface area (Å²) in [5, 5.41) is 3.65. The average molecular weight is 231 g/mol. The van der Waals surface area contributed by atoms with Crippen LogP contribution in [0.5, 0.6) is 0 Å². The standard InChI is InChI=1S/C14H21N3/c1-10-8-11(15)2-5-14(10)16-12-6-7-17(9-12)13-3-4-13/h2,5,8,12-13,16H,3-4,6-7,9,15H2,1H3. The molecule has 0 spiro atoms. The molecule has 1 saturated heterocycles. The zero-order chi connectivity index (χ0) is 11.8. The van der Waals surface area contributed by atoms with Crippen LogP contribution in [0.2, 0.25) is 0 Å². The lowest BCUT2D eigenvalue weighted by atomic mass is 10.1. The molecule has 3 N–H and O–H groups in total. The van der Waals surface area contributed by atoms with E-state index in [1.54, 1.807) is 0 Å². The fourth-order valence-corrected chi connectivity index (χ4v) is 2.75. The molecular formula is C14H21N3. The second kappa shape index (κ2) is 4.22. The summed E-state index contributed by atoms with van der Waals surface area (Å²) in [7, 11) is 0. The second-order valence-corrected chi connectivity index (χ2v) is 5.43. The van der Waals surface area contributed by atoms with Crippen LogP contribution in [-0.4, -0.2) is 30.1 Å². The molecule has 3 nitrogen and oxygen atoms in total. The number of likely N-dealkylation sites (tertiary alicyclic amines) is 1. The van der Waals surface area contributed by atoms with Crippen LogP contribution in [0.1, 0.15) is 24.8 Å². The van der Waals surface area contributed by atoms with E-state index in [-0.39, 0.29) is 0 Å². The van der Waals surface area contributed by atoms with Crippen molar-refractivity contribution in [2.45, 2.75) is 38.3 Å². The van der Waals surface area contributed by atoms with Gasteiger partial charge in [0.1, 0.15) is 0 Å². The van der Waals surface area contributed by atoms with Gasteiger partial charge in [0.25, 0.3) is 0 Å². The van der Waals surface area contributed by atoms with E-state index < -0.39 is 0 Å². The van der Waals surface area contributed by atoms with Gasteiger partial charge in [0, 0.05) is 36.5 Å². The van der Waals surface area contributed by atoms with Crippen LogP contribution in [0.3, 0.4) is 0 Å². The van der Waals surface area contributed by atoms with Crippen LogP contribution in [-0.2, 0) is 0 Å². The van der Waals surface area contributed by atoms with E-state index in [9.17, 15) is 0 Å². The van der Waals surface area contributed by atoms with Gasteiger partial charge in [0.05, 0.1) is 0 Å². The minimum atomic E-state index is 0.609. The molecular weight excluding hydrogens is 210 g/mol. The Bertz CT molecular complexity index is 412. The average Bonchev–Trinajstić information content (AvgIpc) is 3.04.